The summed E-state index contributed by atoms with van der Waals surface area (Å²) in [6.45, 7) is 0.621. The van der Waals surface area contributed by atoms with Crippen LogP contribution in [-0.4, -0.2) is 11.6 Å². The summed E-state index contributed by atoms with van der Waals surface area (Å²) < 4.78 is 5.78. The molecule has 0 saturated carbocycles. The van der Waals surface area contributed by atoms with E-state index in [0.717, 1.165) is 5.56 Å². The first-order valence-corrected chi connectivity index (χ1v) is 7.27. The van der Waals surface area contributed by atoms with Crippen molar-refractivity contribution in [1.29, 1.82) is 0 Å². The van der Waals surface area contributed by atoms with Crippen molar-refractivity contribution in [3.63, 3.8) is 0 Å². The Morgan fingerprint density at radius 1 is 1.18 bits per heavy atom. The van der Waals surface area contributed by atoms with Crippen molar-refractivity contribution in [1.82, 2.24) is 4.98 Å². The summed E-state index contributed by atoms with van der Waals surface area (Å²) in [6, 6.07) is 8.88. The molecule has 0 fully saturated rings. The van der Waals surface area contributed by atoms with Crippen LogP contribution in [0.5, 0.6) is 5.75 Å². The molecule has 22 heavy (non-hydrogen) atoms. The van der Waals surface area contributed by atoms with Crippen molar-refractivity contribution in [2.75, 3.05) is 11.9 Å². The molecule has 0 amide bonds. The second kappa shape index (κ2) is 6.87. The molecule has 1 aromatic heterocycles. The number of ether oxygens (including phenoxy) is 1. The Kier molecular flexibility index (Phi) is 4.68. The molecule has 0 radical (unpaired) electrons. The molecule has 1 aliphatic rings. The molecule has 7 heteroatoms. The van der Waals surface area contributed by atoms with Crippen LogP contribution in [0.15, 0.2) is 48.5 Å². The largest absolute Gasteiger partial charge is 0.485 e. The van der Waals surface area contributed by atoms with Crippen molar-refractivity contribution in [2.24, 2.45) is 0 Å². The fourth-order valence-corrected chi connectivity index (χ4v) is 2.36. The Morgan fingerprint density at radius 3 is 2.73 bits per heavy atom. The molecule has 2 heterocycles. The fraction of sp³-hybridized carbons (Fsp3) is 0.133. The van der Waals surface area contributed by atoms with Gasteiger partial charge in [0.05, 0.1) is 0 Å². The van der Waals surface area contributed by atoms with E-state index in [4.69, 9.17) is 37.7 Å². The Labute approximate surface area is 137 Å². The van der Waals surface area contributed by atoms with Gasteiger partial charge in [0.1, 0.15) is 13.2 Å². The first kappa shape index (κ1) is 15.0. The number of halogens is 2. The number of hydrogen-bond donors (Lipinski definition) is 1. The van der Waals surface area contributed by atoms with E-state index in [9.17, 15) is 0 Å². The highest BCUT2D eigenvalue weighted by atomic mass is 35.5. The van der Waals surface area contributed by atoms with E-state index in [0.29, 0.717) is 34.1 Å². The normalized spacial score (nSPS) is 13.5. The number of pyridine rings is 1. The zero-order chi connectivity index (χ0) is 15.4. The first-order chi connectivity index (χ1) is 10.7. The first-order valence-electron chi connectivity index (χ1n) is 6.51. The van der Waals surface area contributed by atoms with E-state index in [2.05, 4.69) is 10.3 Å². The summed E-state index contributed by atoms with van der Waals surface area (Å²) in [5, 5.41) is 4.10. The number of nitrogens with one attached hydrogen (secondary N) is 1. The van der Waals surface area contributed by atoms with E-state index < -0.39 is 0 Å². The van der Waals surface area contributed by atoms with Crippen LogP contribution in [-0.2, 0) is 16.4 Å². The van der Waals surface area contributed by atoms with Crippen LogP contribution in [0.25, 0.3) is 0 Å². The minimum Gasteiger partial charge on any atom is -0.485 e. The predicted octanol–water partition coefficient (Wildman–Crippen LogP) is 4.18. The van der Waals surface area contributed by atoms with Gasteiger partial charge in [-0.05, 0) is 24.3 Å². The molecule has 1 aliphatic heterocycles. The SMILES string of the molecule is Clc1cccc(Cl)c1COc1cccnc1NC1=CCOO1. The minimum absolute atomic E-state index is 0.231. The summed E-state index contributed by atoms with van der Waals surface area (Å²) in [4.78, 5) is 13.9. The van der Waals surface area contributed by atoms with Gasteiger partial charge in [0.25, 0.3) is 0 Å². The summed E-state index contributed by atoms with van der Waals surface area (Å²) in [7, 11) is 0. The van der Waals surface area contributed by atoms with Gasteiger partial charge in [-0.1, -0.05) is 29.3 Å². The van der Waals surface area contributed by atoms with Gasteiger partial charge in [-0.25, -0.2) is 4.98 Å². The average Bonchev–Trinajstić information content (AvgIpc) is 3.01. The molecule has 2 aromatic rings. The van der Waals surface area contributed by atoms with Crippen LogP contribution >= 0.6 is 23.2 Å². The van der Waals surface area contributed by atoms with Gasteiger partial charge < -0.3 is 14.9 Å². The molecule has 0 unspecified atom stereocenters. The van der Waals surface area contributed by atoms with Gasteiger partial charge in [-0.15, -0.1) is 0 Å². The molecular formula is C15H12Cl2N2O3. The van der Waals surface area contributed by atoms with Crippen molar-refractivity contribution < 1.29 is 14.5 Å². The molecular weight excluding hydrogens is 327 g/mol. The second-order valence-electron chi connectivity index (χ2n) is 4.40. The lowest BCUT2D eigenvalue weighted by Crippen LogP contribution is -2.05. The molecule has 0 saturated heterocycles. The summed E-state index contributed by atoms with van der Waals surface area (Å²) in [6.07, 6.45) is 3.40. The lowest BCUT2D eigenvalue weighted by Gasteiger charge is -2.13. The topological polar surface area (TPSA) is 52.6 Å². The van der Waals surface area contributed by atoms with Crippen LogP contribution in [0.3, 0.4) is 0 Å². The molecule has 1 aromatic carbocycles. The molecule has 0 bridgehead atoms. The van der Waals surface area contributed by atoms with Crippen LogP contribution in [0.2, 0.25) is 10.0 Å². The van der Waals surface area contributed by atoms with E-state index in [-0.39, 0.29) is 6.61 Å². The van der Waals surface area contributed by atoms with Crippen LogP contribution in [0.4, 0.5) is 5.82 Å². The summed E-state index contributed by atoms with van der Waals surface area (Å²) >= 11 is 12.3. The van der Waals surface area contributed by atoms with Gasteiger partial charge in [-0.3, -0.25) is 0 Å². The lowest BCUT2D eigenvalue weighted by atomic mass is 10.2. The Balaban J connectivity index is 1.75. The van der Waals surface area contributed by atoms with Crippen LogP contribution in [0.1, 0.15) is 5.56 Å². The predicted molar refractivity (Wildman–Crippen MR) is 83.8 cm³/mol. The maximum Gasteiger partial charge on any atom is 0.234 e. The zero-order valence-corrected chi connectivity index (χ0v) is 12.9. The van der Waals surface area contributed by atoms with E-state index in [1.54, 1.807) is 42.6 Å². The standard InChI is InChI=1S/C15H12Cl2N2O3/c16-11-3-1-4-12(17)10(11)9-20-13-5-2-7-18-15(13)19-14-6-8-21-22-14/h1-7H,8-9H2,(H,18,19). The third kappa shape index (κ3) is 3.44. The monoisotopic (exact) mass is 338 g/mol. The Morgan fingerprint density at radius 2 is 2.00 bits per heavy atom. The van der Waals surface area contributed by atoms with Crippen molar-refractivity contribution in [3.8, 4) is 5.75 Å². The molecule has 114 valence electrons. The minimum atomic E-state index is 0.231. The van der Waals surface area contributed by atoms with E-state index in [1.165, 1.54) is 0 Å². The van der Waals surface area contributed by atoms with Gasteiger partial charge in [-0.2, -0.15) is 4.89 Å². The number of nitrogens with zero attached hydrogens (tertiary/aromatic N) is 1. The third-order valence-electron chi connectivity index (χ3n) is 2.93. The molecule has 0 spiro atoms. The maximum absolute atomic E-state index is 6.13. The second-order valence-corrected chi connectivity index (χ2v) is 5.21. The van der Waals surface area contributed by atoms with Gasteiger partial charge >= 0.3 is 0 Å². The van der Waals surface area contributed by atoms with Crippen LogP contribution < -0.4 is 10.1 Å². The summed E-state index contributed by atoms with van der Waals surface area (Å²) in [5.41, 5.74) is 0.723. The van der Waals surface area contributed by atoms with Crippen molar-refractivity contribution in [3.05, 3.63) is 64.1 Å². The number of aromatic nitrogens is 1. The summed E-state index contributed by atoms with van der Waals surface area (Å²) in [5.74, 6) is 1.54. The highest BCUT2D eigenvalue weighted by molar-refractivity contribution is 6.35. The highest BCUT2D eigenvalue weighted by Crippen LogP contribution is 2.28. The van der Waals surface area contributed by atoms with Gasteiger partial charge in [0.15, 0.2) is 11.6 Å². The Hall–Kier alpha value is -1.95. The number of benzene rings is 1. The Bertz CT molecular complexity index is 687. The number of rotatable bonds is 5. The fourth-order valence-electron chi connectivity index (χ4n) is 1.85. The molecule has 0 atom stereocenters. The molecule has 3 rings (SSSR count). The zero-order valence-electron chi connectivity index (χ0n) is 11.4. The highest BCUT2D eigenvalue weighted by Gasteiger charge is 2.13. The van der Waals surface area contributed by atoms with Crippen molar-refractivity contribution >= 4 is 29.0 Å². The number of hydrogen-bond acceptors (Lipinski definition) is 5. The third-order valence-corrected chi connectivity index (χ3v) is 3.64. The quantitative estimate of drug-likeness (QED) is 0.828. The molecule has 5 nitrogen and oxygen atoms in total. The van der Waals surface area contributed by atoms with Gasteiger partial charge in [0, 0.05) is 27.9 Å². The average molecular weight is 339 g/mol. The molecule has 0 aliphatic carbocycles. The van der Waals surface area contributed by atoms with E-state index >= 15 is 0 Å². The van der Waals surface area contributed by atoms with Gasteiger partial charge in [0.2, 0.25) is 5.88 Å². The maximum atomic E-state index is 6.13. The lowest BCUT2D eigenvalue weighted by molar-refractivity contribution is -0.232. The van der Waals surface area contributed by atoms with Crippen molar-refractivity contribution in [2.45, 2.75) is 6.61 Å². The van der Waals surface area contributed by atoms with E-state index in [1.807, 2.05) is 0 Å². The van der Waals surface area contributed by atoms with Crippen LogP contribution in [0, 0.1) is 0 Å². The number of anilines is 1. The molecule has 1 N–H and O–H groups in total. The smallest absolute Gasteiger partial charge is 0.234 e.